The van der Waals surface area contributed by atoms with Crippen LogP contribution in [0.25, 0.3) is 11.1 Å². The third kappa shape index (κ3) is 1.92. The maximum atomic E-state index is 11.4. The van der Waals surface area contributed by atoms with E-state index in [0.29, 0.717) is 18.8 Å². The van der Waals surface area contributed by atoms with Gasteiger partial charge in [0, 0.05) is 18.8 Å². The highest BCUT2D eigenvalue weighted by Gasteiger charge is 2.21. The Kier molecular flexibility index (Phi) is 2.83. The quantitative estimate of drug-likeness (QED) is 0.795. The van der Waals surface area contributed by atoms with Gasteiger partial charge < -0.3 is 14.7 Å². The summed E-state index contributed by atoms with van der Waals surface area (Å²) >= 11 is 0. The predicted molar refractivity (Wildman–Crippen MR) is 71.5 cm³/mol. The molecule has 0 unspecified atom stereocenters. The minimum absolute atomic E-state index is 0.124. The van der Waals surface area contributed by atoms with E-state index in [1.165, 1.54) is 0 Å². The molecular formula is C14H13NO4. The number of hydrogen-bond donors (Lipinski definition) is 1. The Morgan fingerprint density at radius 2 is 1.63 bits per heavy atom. The zero-order valence-corrected chi connectivity index (χ0v) is 10.3. The van der Waals surface area contributed by atoms with Crippen molar-refractivity contribution in [3.8, 4) is 16.9 Å². The second-order valence-electron chi connectivity index (χ2n) is 4.53. The second-order valence-corrected chi connectivity index (χ2v) is 4.53. The Bertz CT molecular complexity index is 662. The van der Waals surface area contributed by atoms with E-state index >= 15 is 0 Å². The largest absolute Gasteiger partial charge is 0.503 e. The van der Waals surface area contributed by atoms with E-state index < -0.39 is 16.6 Å². The van der Waals surface area contributed by atoms with Crippen LogP contribution in [0.15, 0.2) is 33.9 Å². The fraction of sp³-hybridized carbons (Fsp3) is 0.286. The molecule has 3 rings (SSSR count). The fourth-order valence-corrected chi connectivity index (χ4v) is 2.31. The lowest BCUT2D eigenvalue weighted by Crippen LogP contribution is -2.36. The van der Waals surface area contributed by atoms with Gasteiger partial charge in [0.05, 0.1) is 18.8 Å². The van der Waals surface area contributed by atoms with Crippen molar-refractivity contribution in [2.45, 2.75) is 0 Å². The minimum Gasteiger partial charge on any atom is -0.503 e. The van der Waals surface area contributed by atoms with Crippen molar-refractivity contribution in [1.29, 1.82) is 0 Å². The first kappa shape index (κ1) is 11.9. The van der Waals surface area contributed by atoms with Gasteiger partial charge in [0.2, 0.25) is 5.43 Å². The summed E-state index contributed by atoms with van der Waals surface area (Å²) in [5.41, 5.74) is 0.340. The third-order valence-corrected chi connectivity index (χ3v) is 3.42. The number of morpholine rings is 1. The van der Waals surface area contributed by atoms with Crippen molar-refractivity contribution in [2.75, 3.05) is 31.2 Å². The first-order valence-electron chi connectivity index (χ1n) is 6.14. The number of nitrogens with zero attached hydrogens (tertiary/aromatic N) is 1. The van der Waals surface area contributed by atoms with Crippen LogP contribution in [0.2, 0.25) is 0 Å². The van der Waals surface area contributed by atoms with E-state index in [1.807, 2.05) is 12.1 Å². The van der Waals surface area contributed by atoms with Crippen LogP contribution in [0.3, 0.4) is 0 Å². The number of rotatable bonds is 2. The molecule has 19 heavy (non-hydrogen) atoms. The van der Waals surface area contributed by atoms with Gasteiger partial charge in [0.1, 0.15) is 0 Å². The lowest BCUT2D eigenvalue weighted by atomic mass is 10.00. The highest BCUT2D eigenvalue weighted by Crippen LogP contribution is 2.26. The van der Waals surface area contributed by atoms with Crippen molar-refractivity contribution in [3.63, 3.8) is 0 Å². The molecule has 0 radical (unpaired) electrons. The summed E-state index contributed by atoms with van der Waals surface area (Å²) in [7, 11) is 0. The molecular weight excluding hydrogens is 246 g/mol. The van der Waals surface area contributed by atoms with Crippen LogP contribution in [0.4, 0.5) is 5.69 Å². The Morgan fingerprint density at radius 3 is 2.21 bits per heavy atom. The van der Waals surface area contributed by atoms with Gasteiger partial charge in [0.15, 0.2) is 5.75 Å². The SMILES string of the molecule is O=c1c(O)c(-c2ccc(N3CCOCC3)cc2)c1=O. The standard InChI is InChI=1S/C14H13NO4/c16-12-11(13(17)14(12)18)9-1-3-10(4-2-9)15-5-7-19-8-6-15/h1-4,16H,5-8H2. The zero-order chi connectivity index (χ0) is 13.4. The molecule has 0 aromatic heterocycles. The molecule has 1 aliphatic heterocycles. The van der Waals surface area contributed by atoms with Crippen molar-refractivity contribution < 1.29 is 9.84 Å². The summed E-state index contributed by atoms with van der Waals surface area (Å²) in [6.07, 6.45) is 0. The Morgan fingerprint density at radius 1 is 1.00 bits per heavy atom. The van der Waals surface area contributed by atoms with E-state index in [4.69, 9.17) is 4.74 Å². The van der Waals surface area contributed by atoms with Crippen molar-refractivity contribution in [3.05, 3.63) is 44.7 Å². The summed E-state index contributed by atoms with van der Waals surface area (Å²) in [6.45, 7) is 3.09. The Labute approximate surface area is 109 Å². The number of benzene rings is 1. The summed E-state index contributed by atoms with van der Waals surface area (Å²) in [4.78, 5) is 24.5. The molecule has 0 atom stereocenters. The summed E-state index contributed by atoms with van der Waals surface area (Å²) in [6, 6.07) is 7.27. The third-order valence-electron chi connectivity index (χ3n) is 3.42. The number of ether oxygens (including phenoxy) is 1. The first-order valence-corrected chi connectivity index (χ1v) is 6.14. The van der Waals surface area contributed by atoms with Crippen LogP contribution >= 0.6 is 0 Å². The molecule has 0 amide bonds. The monoisotopic (exact) mass is 259 g/mol. The van der Waals surface area contributed by atoms with Gasteiger partial charge >= 0.3 is 0 Å². The van der Waals surface area contributed by atoms with Crippen molar-refractivity contribution >= 4 is 5.69 Å². The molecule has 0 spiro atoms. The smallest absolute Gasteiger partial charge is 0.268 e. The van der Waals surface area contributed by atoms with E-state index in [1.54, 1.807) is 12.1 Å². The summed E-state index contributed by atoms with van der Waals surface area (Å²) in [5.74, 6) is -0.427. The zero-order valence-electron chi connectivity index (χ0n) is 10.3. The van der Waals surface area contributed by atoms with Crippen LogP contribution in [0.5, 0.6) is 5.75 Å². The number of anilines is 1. The highest BCUT2D eigenvalue weighted by atomic mass is 16.5. The molecule has 0 bridgehead atoms. The molecule has 2 aromatic carbocycles. The lowest BCUT2D eigenvalue weighted by molar-refractivity contribution is 0.122. The second kappa shape index (κ2) is 4.51. The topological polar surface area (TPSA) is 66.8 Å². The number of hydrogen-bond acceptors (Lipinski definition) is 5. The van der Waals surface area contributed by atoms with Crippen LogP contribution in [-0.2, 0) is 4.74 Å². The maximum Gasteiger partial charge on any atom is 0.268 e. The van der Waals surface area contributed by atoms with E-state index in [-0.39, 0.29) is 5.56 Å². The van der Waals surface area contributed by atoms with Crippen molar-refractivity contribution in [2.24, 2.45) is 0 Å². The Hall–Kier alpha value is -2.14. The normalized spacial score (nSPS) is 15.9. The van der Waals surface area contributed by atoms with Crippen LogP contribution in [0.1, 0.15) is 0 Å². The number of aromatic hydroxyl groups is 1. The molecule has 1 saturated heterocycles. The van der Waals surface area contributed by atoms with Crippen LogP contribution < -0.4 is 15.8 Å². The van der Waals surface area contributed by atoms with E-state index in [0.717, 1.165) is 18.8 Å². The molecule has 1 aliphatic rings. The highest BCUT2D eigenvalue weighted by molar-refractivity contribution is 5.74. The molecule has 0 aliphatic carbocycles. The van der Waals surface area contributed by atoms with Gasteiger partial charge in [-0.3, -0.25) is 9.59 Å². The first-order chi connectivity index (χ1) is 9.18. The van der Waals surface area contributed by atoms with Gasteiger partial charge in [0.25, 0.3) is 5.43 Å². The fourth-order valence-electron chi connectivity index (χ4n) is 2.31. The average Bonchev–Trinajstić information content (AvgIpc) is 2.49. The molecule has 1 heterocycles. The van der Waals surface area contributed by atoms with Crippen molar-refractivity contribution in [1.82, 2.24) is 0 Å². The molecule has 1 fully saturated rings. The van der Waals surface area contributed by atoms with Crippen LogP contribution in [0, 0.1) is 0 Å². The maximum absolute atomic E-state index is 11.4. The Balaban J connectivity index is 1.87. The van der Waals surface area contributed by atoms with Gasteiger partial charge in [-0.1, -0.05) is 12.1 Å². The molecule has 98 valence electrons. The minimum atomic E-state index is -0.799. The summed E-state index contributed by atoms with van der Waals surface area (Å²) < 4.78 is 5.29. The van der Waals surface area contributed by atoms with Gasteiger partial charge in [-0.2, -0.15) is 0 Å². The molecule has 0 saturated carbocycles. The molecule has 5 heteroatoms. The van der Waals surface area contributed by atoms with Gasteiger partial charge in [-0.05, 0) is 17.7 Å². The lowest BCUT2D eigenvalue weighted by Gasteiger charge is -2.28. The van der Waals surface area contributed by atoms with Gasteiger partial charge in [-0.15, -0.1) is 0 Å². The molecule has 1 N–H and O–H groups in total. The summed E-state index contributed by atoms with van der Waals surface area (Å²) in [5, 5.41) is 9.40. The van der Waals surface area contributed by atoms with Crippen LogP contribution in [-0.4, -0.2) is 31.4 Å². The van der Waals surface area contributed by atoms with E-state index in [2.05, 4.69) is 4.90 Å². The predicted octanol–water partition coefficient (Wildman–Crippen LogP) is 0.492. The average molecular weight is 259 g/mol. The van der Waals surface area contributed by atoms with Gasteiger partial charge in [-0.25, -0.2) is 0 Å². The van der Waals surface area contributed by atoms with E-state index in [9.17, 15) is 14.7 Å². The molecule has 2 aromatic rings. The molecule has 5 nitrogen and oxygen atoms in total.